The maximum Gasteiger partial charge on any atom is 0.170 e. The normalized spacial score (nSPS) is 11.6. The fourth-order valence-corrected chi connectivity index (χ4v) is 1.16. The molecule has 72 valence electrons. The Labute approximate surface area is 78.6 Å². The molecule has 0 aliphatic heterocycles. The van der Waals surface area contributed by atoms with Gasteiger partial charge in [-0.3, -0.25) is 0 Å². The largest absolute Gasteiger partial charge is 0.392 e. The smallest absolute Gasteiger partial charge is 0.170 e. The minimum Gasteiger partial charge on any atom is -0.392 e. The number of hydrogen-bond donors (Lipinski definition) is 1. The van der Waals surface area contributed by atoms with Gasteiger partial charge in [0.2, 0.25) is 0 Å². The number of aliphatic hydroxyl groups is 1. The Bertz CT molecular complexity index is 479. The van der Waals surface area contributed by atoms with Crippen LogP contribution in [0.4, 0.5) is 4.39 Å². The number of nitrogens with zero attached hydrogens (tertiary/aromatic N) is 2. The summed E-state index contributed by atoms with van der Waals surface area (Å²) in [5, 5.41) is 15.5. The number of halogens is 1. The molecule has 0 atom stereocenters. The van der Waals surface area contributed by atoms with E-state index in [1.165, 1.54) is 12.1 Å². The number of benzene rings is 1. The van der Waals surface area contributed by atoms with Gasteiger partial charge in [0, 0.05) is 0 Å². The zero-order valence-electron chi connectivity index (χ0n) is 7.14. The standard InChI is InChI=1S/C9H7FN2O2/c10-7-4-6(2-1-3-13)5-8-9(7)12-14-11-8/h1-2,4-5,13H,3H2/b2-1+. The Balaban J connectivity index is 2.53. The third kappa shape index (κ3) is 1.49. The highest BCUT2D eigenvalue weighted by atomic mass is 19.1. The fraction of sp³-hybridized carbons (Fsp3) is 0.111. The second kappa shape index (κ2) is 3.55. The van der Waals surface area contributed by atoms with Crippen molar-refractivity contribution in [2.24, 2.45) is 0 Å². The zero-order chi connectivity index (χ0) is 9.97. The highest BCUT2D eigenvalue weighted by Gasteiger charge is 2.07. The molecular formula is C9H7FN2O2. The highest BCUT2D eigenvalue weighted by molar-refractivity contribution is 5.77. The first-order valence-electron chi connectivity index (χ1n) is 4.00. The summed E-state index contributed by atoms with van der Waals surface area (Å²) in [5.74, 6) is -0.485. The number of aliphatic hydroxyl groups excluding tert-OH is 1. The maximum atomic E-state index is 13.2. The van der Waals surface area contributed by atoms with Crippen LogP contribution in [0.3, 0.4) is 0 Å². The van der Waals surface area contributed by atoms with Gasteiger partial charge in [-0.05, 0) is 28.0 Å². The van der Waals surface area contributed by atoms with Crippen LogP contribution in [0.15, 0.2) is 22.8 Å². The van der Waals surface area contributed by atoms with Crippen molar-refractivity contribution < 1.29 is 14.1 Å². The highest BCUT2D eigenvalue weighted by Crippen LogP contribution is 2.17. The van der Waals surface area contributed by atoms with Crippen LogP contribution in [0.25, 0.3) is 17.1 Å². The summed E-state index contributed by atoms with van der Waals surface area (Å²) in [7, 11) is 0. The second-order valence-corrected chi connectivity index (χ2v) is 2.72. The molecule has 0 saturated heterocycles. The first kappa shape index (κ1) is 8.83. The average molecular weight is 194 g/mol. The Hall–Kier alpha value is -1.75. The minimum atomic E-state index is -0.485. The molecule has 0 saturated carbocycles. The molecule has 2 aromatic rings. The maximum absolute atomic E-state index is 13.2. The van der Waals surface area contributed by atoms with Gasteiger partial charge < -0.3 is 5.11 Å². The summed E-state index contributed by atoms with van der Waals surface area (Å²) in [5.41, 5.74) is 1.09. The third-order valence-corrected chi connectivity index (χ3v) is 1.75. The Kier molecular flexibility index (Phi) is 2.24. The monoisotopic (exact) mass is 194 g/mol. The molecule has 2 rings (SSSR count). The van der Waals surface area contributed by atoms with E-state index >= 15 is 0 Å². The van der Waals surface area contributed by atoms with Gasteiger partial charge >= 0.3 is 0 Å². The van der Waals surface area contributed by atoms with E-state index in [0.717, 1.165) is 0 Å². The fourth-order valence-electron chi connectivity index (χ4n) is 1.16. The molecular weight excluding hydrogens is 187 g/mol. The van der Waals surface area contributed by atoms with Gasteiger partial charge in [0.15, 0.2) is 11.3 Å². The molecule has 0 spiro atoms. The quantitative estimate of drug-likeness (QED) is 0.784. The van der Waals surface area contributed by atoms with Crippen LogP contribution in [-0.2, 0) is 0 Å². The van der Waals surface area contributed by atoms with Crippen LogP contribution in [0, 0.1) is 5.82 Å². The van der Waals surface area contributed by atoms with Crippen LogP contribution in [0.5, 0.6) is 0 Å². The number of rotatable bonds is 2. The number of hydrogen-bond acceptors (Lipinski definition) is 4. The van der Waals surface area contributed by atoms with E-state index in [2.05, 4.69) is 14.9 Å². The van der Waals surface area contributed by atoms with Crippen molar-refractivity contribution in [2.45, 2.75) is 0 Å². The lowest BCUT2D eigenvalue weighted by Crippen LogP contribution is -1.82. The molecule has 0 amide bonds. The minimum absolute atomic E-state index is 0.0866. The van der Waals surface area contributed by atoms with Crippen molar-refractivity contribution in [3.63, 3.8) is 0 Å². The predicted molar refractivity (Wildman–Crippen MR) is 47.9 cm³/mol. The lowest BCUT2D eigenvalue weighted by molar-refractivity contribution is 0.314. The molecule has 1 heterocycles. The van der Waals surface area contributed by atoms with Crippen molar-refractivity contribution >= 4 is 17.1 Å². The summed E-state index contributed by atoms with van der Waals surface area (Å²) in [6, 6.07) is 2.93. The van der Waals surface area contributed by atoms with E-state index in [0.29, 0.717) is 11.1 Å². The van der Waals surface area contributed by atoms with Gasteiger partial charge in [-0.1, -0.05) is 12.2 Å². The first-order chi connectivity index (χ1) is 6.81. The topological polar surface area (TPSA) is 59.2 Å². The molecule has 0 aliphatic carbocycles. The van der Waals surface area contributed by atoms with E-state index in [-0.39, 0.29) is 12.1 Å². The third-order valence-electron chi connectivity index (χ3n) is 1.75. The lowest BCUT2D eigenvalue weighted by Gasteiger charge is -1.93. The van der Waals surface area contributed by atoms with Crippen LogP contribution in [-0.4, -0.2) is 22.0 Å². The van der Waals surface area contributed by atoms with E-state index in [4.69, 9.17) is 5.11 Å². The van der Waals surface area contributed by atoms with Gasteiger partial charge in [0.05, 0.1) is 6.61 Å². The van der Waals surface area contributed by atoms with Gasteiger partial charge in [-0.25, -0.2) is 9.02 Å². The molecule has 0 bridgehead atoms. The molecule has 4 nitrogen and oxygen atoms in total. The van der Waals surface area contributed by atoms with Crippen molar-refractivity contribution in [3.8, 4) is 0 Å². The van der Waals surface area contributed by atoms with Crippen LogP contribution >= 0.6 is 0 Å². The molecule has 0 radical (unpaired) electrons. The first-order valence-corrected chi connectivity index (χ1v) is 4.00. The molecule has 1 aromatic heterocycles. The molecule has 1 aromatic carbocycles. The Morgan fingerprint density at radius 1 is 1.43 bits per heavy atom. The van der Waals surface area contributed by atoms with E-state index in [1.807, 2.05) is 0 Å². The molecule has 0 aliphatic rings. The van der Waals surface area contributed by atoms with Crippen molar-refractivity contribution in [1.82, 2.24) is 10.3 Å². The molecule has 1 N–H and O–H groups in total. The molecule has 14 heavy (non-hydrogen) atoms. The summed E-state index contributed by atoms with van der Waals surface area (Å²) in [6.45, 7) is -0.0866. The lowest BCUT2D eigenvalue weighted by atomic mass is 10.2. The molecule has 0 fully saturated rings. The van der Waals surface area contributed by atoms with E-state index in [1.54, 1.807) is 12.1 Å². The summed E-state index contributed by atoms with van der Waals surface area (Å²) in [6.07, 6.45) is 3.10. The van der Waals surface area contributed by atoms with E-state index < -0.39 is 5.82 Å². The summed E-state index contributed by atoms with van der Waals surface area (Å²) in [4.78, 5) is 0. The van der Waals surface area contributed by atoms with Gasteiger partial charge in [-0.2, -0.15) is 0 Å². The Morgan fingerprint density at radius 3 is 3.07 bits per heavy atom. The summed E-state index contributed by atoms with van der Waals surface area (Å²) >= 11 is 0. The average Bonchev–Trinajstić information content (AvgIpc) is 2.63. The van der Waals surface area contributed by atoms with Crippen molar-refractivity contribution in [1.29, 1.82) is 0 Å². The van der Waals surface area contributed by atoms with Crippen LogP contribution < -0.4 is 0 Å². The zero-order valence-corrected chi connectivity index (χ0v) is 7.14. The van der Waals surface area contributed by atoms with Crippen LogP contribution in [0.1, 0.15) is 5.56 Å². The van der Waals surface area contributed by atoms with Gasteiger partial charge in [-0.15, -0.1) is 0 Å². The van der Waals surface area contributed by atoms with Crippen molar-refractivity contribution in [3.05, 3.63) is 29.6 Å². The van der Waals surface area contributed by atoms with Gasteiger partial charge in [0.1, 0.15) is 5.52 Å². The molecule has 5 heteroatoms. The van der Waals surface area contributed by atoms with Crippen LogP contribution in [0.2, 0.25) is 0 Å². The summed E-state index contributed by atoms with van der Waals surface area (Å²) < 4.78 is 17.6. The predicted octanol–water partition coefficient (Wildman–Crippen LogP) is 1.37. The SMILES string of the molecule is OC/C=C/c1cc(F)c2nonc2c1. The number of aromatic nitrogens is 2. The molecule has 0 unspecified atom stereocenters. The Morgan fingerprint density at radius 2 is 2.29 bits per heavy atom. The van der Waals surface area contributed by atoms with Crippen molar-refractivity contribution in [2.75, 3.05) is 6.61 Å². The van der Waals surface area contributed by atoms with E-state index in [9.17, 15) is 4.39 Å². The van der Waals surface area contributed by atoms with Gasteiger partial charge in [0.25, 0.3) is 0 Å². The number of fused-ring (bicyclic) bond motifs is 1. The second-order valence-electron chi connectivity index (χ2n) is 2.72.